The number of nitrogens with zero attached hydrogens (tertiary/aromatic N) is 2. The number of Topliss-reactive ketones (excluding diaryl/α,β-unsaturated/α-hetero) is 1. The number of carbonyl (C=O) groups is 3. The van der Waals surface area contributed by atoms with Crippen molar-refractivity contribution in [2.24, 2.45) is 5.92 Å². The SMILES string of the molecule is CC(=O)c1cn(CCC(=O)N2CCCC(C(=O)O)C2)c2ccccc12. The number of hydrogen-bond acceptors (Lipinski definition) is 3. The number of fused-ring (bicyclic) bond motifs is 1. The molecule has 6 nitrogen and oxygen atoms in total. The molecule has 2 aromatic rings. The van der Waals surface area contributed by atoms with Crippen molar-refractivity contribution in [3.05, 3.63) is 36.0 Å². The van der Waals surface area contributed by atoms with Gasteiger partial charge in [0, 0.05) is 48.7 Å². The Labute approximate surface area is 146 Å². The number of carboxylic acid groups (broad SMARTS) is 1. The Morgan fingerprint density at radius 3 is 2.72 bits per heavy atom. The van der Waals surface area contributed by atoms with Crippen LogP contribution in [0.4, 0.5) is 0 Å². The highest BCUT2D eigenvalue weighted by Gasteiger charge is 2.27. The number of para-hydroxylation sites is 1. The van der Waals surface area contributed by atoms with E-state index in [1.807, 2.05) is 28.8 Å². The third kappa shape index (κ3) is 3.57. The minimum Gasteiger partial charge on any atom is -0.481 e. The summed E-state index contributed by atoms with van der Waals surface area (Å²) in [6.45, 7) is 2.92. The molecule has 132 valence electrons. The summed E-state index contributed by atoms with van der Waals surface area (Å²) in [7, 11) is 0. The number of carboxylic acids is 1. The molecule has 2 heterocycles. The van der Waals surface area contributed by atoms with Gasteiger partial charge in [-0.3, -0.25) is 14.4 Å². The van der Waals surface area contributed by atoms with Crippen LogP contribution in [0.15, 0.2) is 30.5 Å². The molecule has 1 atom stereocenters. The number of ketones is 1. The van der Waals surface area contributed by atoms with Crippen LogP contribution in [0.2, 0.25) is 0 Å². The first kappa shape index (κ1) is 17.2. The summed E-state index contributed by atoms with van der Waals surface area (Å²) in [5.41, 5.74) is 1.59. The third-order valence-corrected chi connectivity index (χ3v) is 4.86. The van der Waals surface area contributed by atoms with Gasteiger partial charge >= 0.3 is 5.97 Å². The molecule has 1 aliphatic rings. The van der Waals surface area contributed by atoms with E-state index in [2.05, 4.69) is 0 Å². The molecule has 0 saturated carbocycles. The summed E-state index contributed by atoms with van der Waals surface area (Å²) in [4.78, 5) is 37.1. The van der Waals surface area contributed by atoms with Gasteiger partial charge in [-0.2, -0.15) is 0 Å². The summed E-state index contributed by atoms with van der Waals surface area (Å²) in [5.74, 6) is -1.33. The van der Waals surface area contributed by atoms with Gasteiger partial charge in [-0.05, 0) is 25.8 Å². The van der Waals surface area contributed by atoms with E-state index in [1.54, 1.807) is 11.1 Å². The smallest absolute Gasteiger partial charge is 0.308 e. The second kappa shape index (κ2) is 7.09. The summed E-state index contributed by atoms with van der Waals surface area (Å²) in [6, 6.07) is 7.65. The molecule has 1 saturated heterocycles. The number of carbonyl (C=O) groups excluding carboxylic acids is 2. The first-order chi connectivity index (χ1) is 12.0. The number of piperidine rings is 1. The number of hydrogen-bond donors (Lipinski definition) is 1. The van der Waals surface area contributed by atoms with Crippen LogP contribution in [0.1, 0.15) is 36.5 Å². The van der Waals surface area contributed by atoms with E-state index in [4.69, 9.17) is 5.11 Å². The summed E-state index contributed by atoms with van der Waals surface area (Å²) >= 11 is 0. The Kier molecular flexibility index (Phi) is 4.88. The van der Waals surface area contributed by atoms with Gasteiger partial charge in [0.25, 0.3) is 0 Å². The van der Waals surface area contributed by atoms with Gasteiger partial charge in [-0.1, -0.05) is 18.2 Å². The number of aryl methyl sites for hydroxylation is 1. The molecular weight excluding hydrogens is 320 g/mol. The van der Waals surface area contributed by atoms with Crippen molar-refractivity contribution in [1.82, 2.24) is 9.47 Å². The van der Waals surface area contributed by atoms with Gasteiger partial charge in [0.05, 0.1) is 5.92 Å². The minimum atomic E-state index is -0.833. The zero-order chi connectivity index (χ0) is 18.0. The Morgan fingerprint density at radius 2 is 2.00 bits per heavy atom. The number of benzene rings is 1. The van der Waals surface area contributed by atoms with Crippen molar-refractivity contribution in [3.63, 3.8) is 0 Å². The number of amides is 1. The topological polar surface area (TPSA) is 79.6 Å². The van der Waals surface area contributed by atoms with Crippen LogP contribution in [0.3, 0.4) is 0 Å². The molecule has 0 bridgehead atoms. The largest absolute Gasteiger partial charge is 0.481 e. The Bertz CT molecular complexity index is 824. The van der Waals surface area contributed by atoms with Crippen LogP contribution < -0.4 is 0 Å². The van der Waals surface area contributed by atoms with E-state index >= 15 is 0 Å². The highest BCUT2D eigenvalue weighted by Crippen LogP contribution is 2.23. The zero-order valence-electron chi connectivity index (χ0n) is 14.3. The van der Waals surface area contributed by atoms with Crippen LogP contribution in [0.5, 0.6) is 0 Å². The molecule has 0 aliphatic carbocycles. The van der Waals surface area contributed by atoms with E-state index in [0.717, 1.165) is 17.3 Å². The molecule has 6 heteroatoms. The van der Waals surface area contributed by atoms with Crippen molar-refractivity contribution in [2.45, 2.75) is 32.7 Å². The van der Waals surface area contributed by atoms with Crippen molar-refractivity contribution >= 4 is 28.6 Å². The van der Waals surface area contributed by atoms with Gasteiger partial charge < -0.3 is 14.6 Å². The second-order valence-electron chi connectivity index (χ2n) is 6.58. The van der Waals surface area contributed by atoms with E-state index < -0.39 is 11.9 Å². The minimum absolute atomic E-state index is 0.00149. The first-order valence-electron chi connectivity index (χ1n) is 8.56. The van der Waals surface area contributed by atoms with Crippen molar-refractivity contribution in [3.8, 4) is 0 Å². The molecule has 1 unspecified atom stereocenters. The molecular formula is C19H22N2O4. The van der Waals surface area contributed by atoms with Crippen molar-refractivity contribution in [1.29, 1.82) is 0 Å². The monoisotopic (exact) mass is 342 g/mol. The Morgan fingerprint density at radius 1 is 1.24 bits per heavy atom. The molecule has 3 rings (SSSR count). The zero-order valence-corrected chi connectivity index (χ0v) is 14.3. The lowest BCUT2D eigenvalue weighted by atomic mass is 9.98. The van der Waals surface area contributed by atoms with Gasteiger partial charge in [0.2, 0.25) is 5.91 Å². The van der Waals surface area contributed by atoms with Gasteiger partial charge in [-0.25, -0.2) is 0 Å². The lowest BCUT2D eigenvalue weighted by molar-refractivity contribution is -0.145. The van der Waals surface area contributed by atoms with Gasteiger partial charge in [-0.15, -0.1) is 0 Å². The fourth-order valence-corrected chi connectivity index (χ4v) is 3.49. The average molecular weight is 342 g/mol. The second-order valence-corrected chi connectivity index (χ2v) is 6.58. The standard InChI is InChI=1S/C19H22N2O4/c1-13(22)16-12-20(17-7-3-2-6-15(16)17)10-8-18(23)21-9-4-5-14(11-21)19(24)25/h2-3,6-7,12,14H,4-5,8-11H2,1H3,(H,24,25). The first-order valence-corrected chi connectivity index (χ1v) is 8.56. The van der Waals surface area contributed by atoms with E-state index in [1.165, 1.54) is 6.92 Å². The predicted octanol–water partition coefficient (Wildman–Crippen LogP) is 2.56. The van der Waals surface area contributed by atoms with Crippen LogP contribution in [0, 0.1) is 5.92 Å². The van der Waals surface area contributed by atoms with Gasteiger partial charge in [0.15, 0.2) is 5.78 Å². The number of likely N-dealkylation sites (tertiary alicyclic amines) is 1. The molecule has 1 aliphatic heterocycles. The highest BCUT2D eigenvalue weighted by atomic mass is 16.4. The van der Waals surface area contributed by atoms with Crippen LogP contribution in [-0.4, -0.2) is 45.3 Å². The Balaban J connectivity index is 1.71. The lowest BCUT2D eigenvalue weighted by Crippen LogP contribution is -2.42. The molecule has 1 fully saturated rings. The highest BCUT2D eigenvalue weighted by molar-refractivity contribution is 6.07. The lowest BCUT2D eigenvalue weighted by Gasteiger charge is -2.30. The van der Waals surface area contributed by atoms with Crippen LogP contribution in [-0.2, 0) is 16.1 Å². The fraction of sp³-hybridized carbons (Fsp3) is 0.421. The molecule has 1 aromatic carbocycles. The predicted molar refractivity (Wildman–Crippen MR) is 93.5 cm³/mol. The summed E-state index contributed by atoms with van der Waals surface area (Å²) < 4.78 is 1.93. The average Bonchev–Trinajstić information content (AvgIpc) is 2.99. The number of rotatable bonds is 5. The summed E-state index contributed by atoms with van der Waals surface area (Å²) in [6.07, 6.45) is 3.45. The number of aliphatic carboxylic acids is 1. The molecule has 0 spiro atoms. The molecule has 0 radical (unpaired) electrons. The normalized spacial score (nSPS) is 17.6. The number of aromatic nitrogens is 1. The maximum absolute atomic E-state index is 12.5. The summed E-state index contributed by atoms with van der Waals surface area (Å²) in [5, 5.41) is 10.0. The van der Waals surface area contributed by atoms with Crippen molar-refractivity contribution in [2.75, 3.05) is 13.1 Å². The molecule has 1 amide bonds. The maximum Gasteiger partial charge on any atom is 0.308 e. The Hall–Kier alpha value is -2.63. The molecule has 25 heavy (non-hydrogen) atoms. The van der Waals surface area contributed by atoms with Crippen molar-refractivity contribution < 1.29 is 19.5 Å². The van der Waals surface area contributed by atoms with Crippen LogP contribution in [0.25, 0.3) is 10.9 Å². The third-order valence-electron chi connectivity index (χ3n) is 4.86. The quantitative estimate of drug-likeness (QED) is 0.847. The molecule has 1 aromatic heterocycles. The molecule has 1 N–H and O–H groups in total. The maximum atomic E-state index is 12.5. The van der Waals surface area contributed by atoms with E-state index in [0.29, 0.717) is 38.0 Å². The van der Waals surface area contributed by atoms with E-state index in [-0.39, 0.29) is 11.7 Å². The van der Waals surface area contributed by atoms with Crippen LogP contribution >= 0.6 is 0 Å². The van der Waals surface area contributed by atoms with E-state index in [9.17, 15) is 14.4 Å². The van der Waals surface area contributed by atoms with Gasteiger partial charge in [0.1, 0.15) is 0 Å². The fourth-order valence-electron chi connectivity index (χ4n) is 3.49.